The average molecular weight is 709 g/mol. The summed E-state index contributed by atoms with van der Waals surface area (Å²) in [5, 5.41) is 4.72. The lowest BCUT2D eigenvalue weighted by atomic mass is 10.00. The molecule has 0 saturated heterocycles. The molecule has 0 radical (unpaired) electrons. The highest BCUT2D eigenvalue weighted by Gasteiger charge is 2.36. The van der Waals surface area contributed by atoms with Crippen LogP contribution in [-0.2, 0) is 0 Å². The molecule has 1 aliphatic rings. The molecule has 0 N–H and O–H groups in total. The van der Waals surface area contributed by atoms with E-state index in [4.69, 9.17) is 0 Å². The fraction of sp³-hybridized carbons (Fsp3) is 0.160. The van der Waals surface area contributed by atoms with Crippen molar-refractivity contribution in [3.05, 3.63) is 187 Å². The van der Waals surface area contributed by atoms with Crippen molar-refractivity contribution >= 4 is 31.7 Å². The Morgan fingerprint density at radius 2 is 0.712 bits per heavy atom. The first-order valence-corrected chi connectivity index (χ1v) is 25.0. The van der Waals surface area contributed by atoms with Crippen molar-refractivity contribution in [1.29, 1.82) is 0 Å². The summed E-state index contributed by atoms with van der Waals surface area (Å²) in [4.78, 5) is 0. The Morgan fingerprint density at radius 3 is 1.19 bits per heavy atom. The van der Waals surface area contributed by atoms with Gasteiger partial charge in [0.05, 0.1) is 8.07 Å². The molecule has 0 saturated carbocycles. The van der Waals surface area contributed by atoms with E-state index in [1.165, 1.54) is 66.4 Å². The molecule has 1 heterocycles. The van der Waals surface area contributed by atoms with Crippen molar-refractivity contribution in [2.75, 3.05) is 0 Å². The van der Waals surface area contributed by atoms with Crippen molar-refractivity contribution in [2.45, 2.75) is 53.5 Å². The van der Waals surface area contributed by atoms with Crippen molar-refractivity contribution in [3.63, 3.8) is 0 Å². The lowest BCUT2D eigenvalue weighted by Gasteiger charge is -2.18. The van der Waals surface area contributed by atoms with Gasteiger partial charge < -0.3 is 0 Å². The maximum atomic E-state index is 2.46. The highest BCUT2D eigenvalue weighted by molar-refractivity contribution is 7.03. The molecule has 0 unspecified atom stereocenters. The van der Waals surface area contributed by atoms with Crippen LogP contribution in [0, 0.1) is 20.8 Å². The lowest BCUT2D eigenvalue weighted by molar-refractivity contribution is 1.47. The molecule has 0 aromatic heterocycles. The van der Waals surface area contributed by atoms with E-state index in [0.29, 0.717) is 0 Å². The van der Waals surface area contributed by atoms with E-state index in [1.807, 2.05) is 6.07 Å². The number of fused-ring (bicyclic) bond motifs is 3. The third kappa shape index (κ3) is 8.53. The molecule has 8 rings (SSSR count). The number of hydrogen-bond donors (Lipinski definition) is 0. The van der Waals surface area contributed by atoms with Crippen molar-refractivity contribution in [3.8, 4) is 44.5 Å². The number of hydrogen-bond acceptors (Lipinski definition) is 0. The molecule has 1 aliphatic heterocycles. The summed E-state index contributed by atoms with van der Waals surface area (Å²) in [5.41, 5.74) is 14.6. The van der Waals surface area contributed by atoms with E-state index in [-0.39, 0.29) is 0 Å². The zero-order chi connectivity index (χ0) is 36.9. The second kappa shape index (κ2) is 15.7. The fourth-order valence-corrected chi connectivity index (χ4v) is 11.3. The minimum atomic E-state index is -1.41. The van der Waals surface area contributed by atoms with Crippen LogP contribution in [0.5, 0.6) is 0 Å². The Labute approximate surface area is 314 Å². The maximum Gasteiger partial charge on any atom is 0.113 e. The van der Waals surface area contributed by atoms with Gasteiger partial charge in [-0.15, -0.1) is 0 Å². The van der Waals surface area contributed by atoms with E-state index >= 15 is 0 Å². The second-order valence-electron chi connectivity index (χ2n) is 15.7. The monoisotopic (exact) mass is 708 g/mol. The summed E-state index contributed by atoms with van der Waals surface area (Å²) in [6, 6.07) is 61.5. The minimum absolute atomic E-state index is 1.17. The Kier molecular flexibility index (Phi) is 11.1. The average Bonchev–Trinajstić information content (AvgIpc) is 3.38. The molecule has 7 aromatic carbocycles. The second-order valence-corrected chi connectivity index (χ2v) is 25.1. The summed E-state index contributed by atoms with van der Waals surface area (Å²) in [6.45, 7) is 18.5. The van der Waals surface area contributed by atoms with E-state index in [1.54, 1.807) is 10.4 Å². The van der Waals surface area contributed by atoms with Gasteiger partial charge in [-0.05, 0) is 75.7 Å². The zero-order valence-corrected chi connectivity index (χ0v) is 34.2. The summed E-state index contributed by atoms with van der Waals surface area (Å²) < 4.78 is 0. The van der Waals surface area contributed by atoms with Gasteiger partial charge in [0.15, 0.2) is 0 Å². The Hall–Kier alpha value is -5.03. The van der Waals surface area contributed by atoms with Gasteiger partial charge in [0.2, 0.25) is 0 Å². The van der Waals surface area contributed by atoms with Crippen LogP contribution in [0.25, 0.3) is 44.5 Å². The summed E-state index contributed by atoms with van der Waals surface area (Å²) >= 11 is 0. The van der Waals surface area contributed by atoms with E-state index in [9.17, 15) is 0 Å². The van der Waals surface area contributed by atoms with Gasteiger partial charge in [-0.25, -0.2) is 0 Å². The van der Waals surface area contributed by atoms with Crippen LogP contribution in [0.15, 0.2) is 170 Å². The van der Waals surface area contributed by atoms with Gasteiger partial charge in [-0.2, -0.15) is 0 Å². The standard InChI is InChI=1S/C19H16.C16H20Si.C15H16Si/c1-15-7-9-17(10-8-15)19-13-11-18(12-14-19)16-5-3-2-4-6-16;1-13-5-7-14(8-6-13)15-9-11-16(12-10-15)17(2,3)4;1-11-8-9-13-12-6-4-5-7-14(12)16(2,3)15(13)10-11/h2-14H,1H3;5-12H,1-4H3;4-10H,1-3H3. The van der Waals surface area contributed by atoms with Crippen LogP contribution in [0.3, 0.4) is 0 Å². The van der Waals surface area contributed by atoms with Gasteiger partial charge >= 0.3 is 0 Å². The van der Waals surface area contributed by atoms with Crippen LogP contribution >= 0.6 is 0 Å². The molecule has 0 aliphatic carbocycles. The SMILES string of the molecule is Cc1ccc(-c2ccc(-c3ccccc3)cc2)cc1.Cc1ccc(-c2ccc([Si](C)(C)C)cc2)cc1.Cc1ccc2c(c1)[Si](C)(C)c1ccccc1-2. The topological polar surface area (TPSA) is 0 Å². The van der Waals surface area contributed by atoms with Crippen LogP contribution in [0.2, 0.25) is 32.7 Å². The first kappa shape index (κ1) is 36.8. The predicted octanol–water partition coefficient (Wildman–Crippen LogP) is 12.3. The summed E-state index contributed by atoms with van der Waals surface area (Å²) in [7, 11) is -2.58. The van der Waals surface area contributed by atoms with Gasteiger partial charge in [0, 0.05) is 0 Å². The molecule has 260 valence electrons. The van der Waals surface area contributed by atoms with Crippen molar-refractivity contribution in [2.24, 2.45) is 0 Å². The largest absolute Gasteiger partial charge is 0.113 e. The minimum Gasteiger partial charge on any atom is -0.0656 e. The van der Waals surface area contributed by atoms with Crippen LogP contribution in [0.1, 0.15) is 16.7 Å². The smallest absolute Gasteiger partial charge is 0.0656 e. The zero-order valence-electron chi connectivity index (χ0n) is 32.2. The molecule has 0 bridgehead atoms. The number of aryl methyl sites for hydroxylation is 3. The number of rotatable bonds is 4. The summed E-state index contributed by atoms with van der Waals surface area (Å²) in [6.07, 6.45) is 0. The molecule has 0 atom stereocenters. The Bertz CT molecular complexity index is 2220. The predicted molar refractivity (Wildman–Crippen MR) is 235 cm³/mol. The fourth-order valence-electron chi connectivity index (χ4n) is 6.96. The van der Waals surface area contributed by atoms with Gasteiger partial charge in [0.25, 0.3) is 0 Å². The molecule has 0 spiro atoms. The summed E-state index contributed by atoms with van der Waals surface area (Å²) in [5.74, 6) is 0. The molecule has 0 fully saturated rings. The van der Waals surface area contributed by atoms with E-state index < -0.39 is 16.1 Å². The van der Waals surface area contributed by atoms with E-state index in [0.717, 1.165) is 0 Å². The molecule has 2 heteroatoms. The van der Waals surface area contributed by atoms with Gasteiger partial charge in [-0.1, -0.05) is 224 Å². The molecule has 7 aromatic rings. The highest BCUT2D eigenvalue weighted by atomic mass is 28.3. The highest BCUT2D eigenvalue weighted by Crippen LogP contribution is 2.28. The third-order valence-electron chi connectivity index (χ3n) is 10.3. The maximum absolute atomic E-state index is 2.46. The lowest BCUT2D eigenvalue weighted by Crippen LogP contribution is -2.49. The van der Waals surface area contributed by atoms with Crippen molar-refractivity contribution < 1.29 is 0 Å². The first-order chi connectivity index (χ1) is 24.9. The molecular formula is C50H52Si2. The normalized spacial score (nSPS) is 12.4. The quantitative estimate of drug-likeness (QED) is 0.160. The first-order valence-electron chi connectivity index (χ1n) is 18.5. The number of benzene rings is 7. The van der Waals surface area contributed by atoms with Crippen LogP contribution < -0.4 is 15.6 Å². The van der Waals surface area contributed by atoms with Crippen molar-refractivity contribution in [1.82, 2.24) is 0 Å². The molecular weight excluding hydrogens is 657 g/mol. The van der Waals surface area contributed by atoms with Crippen LogP contribution in [0.4, 0.5) is 0 Å². The van der Waals surface area contributed by atoms with Gasteiger partial charge in [-0.3, -0.25) is 0 Å². The Balaban J connectivity index is 0.000000134. The molecule has 0 amide bonds. The van der Waals surface area contributed by atoms with Gasteiger partial charge in [0.1, 0.15) is 8.07 Å². The molecule has 0 nitrogen and oxygen atoms in total. The van der Waals surface area contributed by atoms with E-state index in [2.05, 4.69) is 217 Å². The third-order valence-corrected chi connectivity index (χ3v) is 15.9. The Morgan fingerprint density at radius 1 is 0.346 bits per heavy atom. The molecule has 52 heavy (non-hydrogen) atoms. The van der Waals surface area contributed by atoms with Crippen LogP contribution in [-0.4, -0.2) is 16.1 Å².